The molecule has 15 heavy (non-hydrogen) atoms. The minimum Gasteiger partial charge on any atom is -0.386 e. The number of ketones is 1. The molecule has 0 atom stereocenters. The molecule has 3 nitrogen and oxygen atoms in total. The molecule has 0 bridgehead atoms. The molecular weight excluding hydrogens is 190 g/mol. The first-order valence-corrected chi connectivity index (χ1v) is 5.93. The van der Waals surface area contributed by atoms with Crippen molar-refractivity contribution >= 4 is 5.78 Å². The fourth-order valence-electron chi connectivity index (χ4n) is 2.23. The fraction of sp³-hybridized carbons (Fsp3) is 0.750. The Kier molecular flexibility index (Phi) is 3.78. The summed E-state index contributed by atoms with van der Waals surface area (Å²) in [6.45, 7) is 1.59. The van der Waals surface area contributed by atoms with E-state index in [1.807, 2.05) is 0 Å². The van der Waals surface area contributed by atoms with Gasteiger partial charge in [-0.25, -0.2) is 0 Å². The lowest BCUT2D eigenvalue weighted by Crippen LogP contribution is -2.21. The molecule has 1 saturated carbocycles. The second kappa shape index (κ2) is 5.31. The number of hydrogen-bond donors (Lipinski definition) is 1. The smallest absolute Gasteiger partial charge is 0.157 e. The predicted octanol–water partition coefficient (Wildman–Crippen LogP) is 1.78. The molecule has 1 N–H and O–H groups in total. The molecule has 0 saturated heterocycles. The molecule has 2 rings (SSSR count). The summed E-state index contributed by atoms with van der Waals surface area (Å²) < 4.78 is 5.71. The zero-order valence-electron chi connectivity index (χ0n) is 9.13. The van der Waals surface area contributed by atoms with Crippen LogP contribution in [0.25, 0.3) is 0 Å². The third kappa shape index (κ3) is 3.34. The summed E-state index contributed by atoms with van der Waals surface area (Å²) in [5.74, 6) is 0.245. The third-order valence-corrected chi connectivity index (χ3v) is 3.09. The van der Waals surface area contributed by atoms with Crippen molar-refractivity contribution < 1.29 is 9.53 Å². The largest absolute Gasteiger partial charge is 0.386 e. The first-order valence-electron chi connectivity index (χ1n) is 5.93. The van der Waals surface area contributed by atoms with Crippen LogP contribution in [0, 0.1) is 0 Å². The second-order valence-electron chi connectivity index (χ2n) is 4.34. The molecule has 0 heterocycles. The number of nitrogens with one attached hydrogen (secondary N) is 1. The SMILES string of the molecule is O=C1C=C(NCCOC2CCCC2)CC1. The highest BCUT2D eigenvalue weighted by Crippen LogP contribution is 2.20. The van der Waals surface area contributed by atoms with Crippen LogP contribution in [0.2, 0.25) is 0 Å². The predicted molar refractivity (Wildman–Crippen MR) is 58.5 cm³/mol. The van der Waals surface area contributed by atoms with Crippen LogP contribution in [0.1, 0.15) is 38.5 Å². The standard InChI is InChI=1S/C12H19NO2/c14-11-6-5-10(9-11)13-7-8-15-12-3-1-2-4-12/h9,12-13H,1-8H2. The maximum atomic E-state index is 10.9. The number of hydrogen-bond acceptors (Lipinski definition) is 3. The van der Waals surface area contributed by atoms with Crippen molar-refractivity contribution in [2.75, 3.05) is 13.2 Å². The van der Waals surface area contributed by atoms with Crippen molar-refractivity contribution in [3.05, 3.63) is 11.8 Å². The Morgan fingerprint density at radius 3 is 2.80 bits per heavy atom. The maximum absolute atomic E-state index is 10.9. The zero-order chi connectivity index (χ0) is 10.5. The van der Waals surface area contributed by atoms with Crippen molar-refractivity contribution in [1.29, 1.82) is 0 Å². The van der Waals surface area contributed by atoms with Crippen LogP contribution in [-0.4, -0.2) is 25.0 Å². The Labute approximate surface area is 90.9 Å². The van der Waals surface area contributed by atoms with Gasteiger partial charge in [0.1, 0.15) is 0 Å². The van der Waals surface area contributed by atoms with Gasteiger partial charge in [-0.2, -0.15) is 0 Å². The second-order valence-corrected chi connectivity index (χ2v) is 4.34. The van der Waals surface area contributed by atoms with Gasteiger partial charge in [0.2, 0.25) is 0 Å². The van der Waals surface area contributed by atoms with E-state index in [0.717, 1.165) is 25.3 Å². The first-order chi connectivity index (χ1) is 7.34. The molecule has 1 fully saturated rings. The summed E-state index contributed by atoms with van der Waals surface area (Å²) in [6, 6.07) is 0. The third-order valence-electron chi connectivity index (χ3n) is 3.09. The van der Waals surface area contributed by atoms with Crippen molar-refractivity contribution in [1.82, 2.24) is 5.32 Å². The Morgan fingerprint density at radius 2 is 2.13 bits per heavy atom. The van der Waals surface area contributed by atoms with Gasteiger partial charge in [0, 0.05) is 24.7 Å². The molecule has 0 aromatic heterocycles. The van der Waals surface area contributed by atoms with Crippen LogP contribution in [-0.2, 0) is 9.53 Å². The lowest BCUT2D eigenvalue weighted by Gasteiger charge is -2.12. The van der Waals surface area contributed by atoms with Gasteiger partial charge < -0.3 is 10.1 Å². The molecule has 3 heteroatoms. The molecule has 0 radical (unpaired) electrons. The molecule has 0 aliphatic heterocycles. The molecule has 0 aromatic rings. The summed E-state index contributed by atoms with van der Waals surface area (Å²) in [5.41, 5.74) is 1.08. The van der Waals surface area contributed by atoms with E-state index in [1.54, 1.807) is 6.08 Å². The van der Waals surface area contributed by atoms with E-state index < -0.39 is 0 Å². The highest BCUT2D eigenvalue weighted by molar-refractivity contribution is 5.92. The average molecular weight is 209 g/mol. The minimum atomic E-state index is 0.245. The minimum absolute atomic E-state index is 0.245. The fourth-order valence-corrected chi connectivity index (χ4v) is 2.23. The molecule has 0 unspecified atom stereocenters. The van der Waals surface area contributed by atoms with Crippen LogP contribution in [0.4, 0.5) is 0 Å². The van der Waals surface area contributed by atoms with E-state index in [2.05, 4.69) is 5.32 Å². The first kappa shape index (κ1) is 10.7. The molecule has 0 aromatic carbocycles. The van der Waals surface area contributed by atoms with Crippen molar-refractivity contribution in [3.8, 4) is 0 Å². The zero-order valence-corrected chi connectivity index (χ0v) is 9.13. The molecular formula is C12H19NO2. The van der Waals surface area contributed by atoms with Gasteiger partial charge >= 0.3 is 0 Å². The van der Waals surface area contributed by atoms with Crippen LogP contribution in [0.5, 0.6) is 0 Å². The summed E-state index contributed by atoms with van der Waals surface area (Å²) in [5, 5.41) is 3.25. The van der Waals surface area contributed by atoms with Crippen LogP contribution in [0.3, 0.4) is 0 Å². The summed E-state index contributed by atoms with van der Waals surface area (Å²) in [6.07, 6.45) is 8.84. The van der Waals surface area contributed by atoms with E-state index >= 15 is 0 Å². The number of allylic oxidation sites excluding steroid dienone is 2. The van der Waals surface area contributed by atoms with Gasteiger partial charge in [0.15, 0.2) is 5.78 Å². The lowest BCUT2D eigenvalue weighted by atomic mass is 10.3. The van der Waals surface area contributed by atoms with Crippen LogP contribution < -0.4 is 5.32 Å². The number of rotatable bonds is 5. The van der Waals surface area contributed by atoms with Crippen molar-refractivity contribution in [3.63, 3.8) is 0 Å². The van der Waals surface area contributed by atoms with Gasteiger partial charge in [-0.15, -0.1) is 0 Å². The van der Waals surface area contributed by atoms with Crippen molar-refractivity contribution in [2.24, 2.45) is 0 Å². The van der Waals surface area contributed by atoms with Gasteiger partial charge in [-0.1, -0.05) is 12.8 Å². The summed E-state index contributed by atoms with van der Waals surface area (Å²) >= 11 is 0. The normalized spacial score (nSPS) is 22.1. The molecule has 2 aliphatic carbocycles. The number of carbonyl (C=O) groups is 1. The van der Waals surface area contributed by atoms with Gasteiger partial charge in [-0.3, -0.25) is 4.79 Å². The van der Waals surface area contributed by atoms with E-state index in [9.17, 15) is 4.79 Å². The van der Waals surface area contributed by atoms with Gasteiger partial charge in [0.25, 0.3) is 0 Å². The lowest BCUT2D eigenvalue weighted by molar-refractivity contribution is -0.114. The van der Waals surface area contributed by atoms with Crippen LogP contribution >= 0.6 is 0 Å². The highest BCUT2D eigenvalue weighted by atomic mass is 16.5. The van der Waals surface area contributed by atoms with E-state index in [-0.39, 0.29) is 5.78 Å². The quantitative estimate of drug-likeness (QED) is 0.701. The van der Waals surface area contributed by atoms with E-state index in [1.165, 1.54) is 25.7 Å². The summed E-state index contributed by atoms with van der Waals surface area (Å²) in [4.78, 5) is 10.9. The maximum Gasteiger partial charge on any atom is 0.157 e. The Bertz CT molecular complexity index is 254. The average Bonchev–Trinajstić information content (AvgIpc) is 2.84. The molecule has 2 aliphatic rings. The Hall–Kier alpha value is -0.830. The van der Waals surface area contributed by atoms with Gasteiger partial charge in [-0.05, 0) is 19.3 Å². The monoisotopic (exact) mass is 209 g/mol. The van der Waals surface area contributed by atoms with Crippen LogP contribution in [0.15, 0.2) is 11.8 Å². The number of ether oxygens (including phenoxy) is 1. The van der Waals surface area contributed by atoms with Crippen molar-refractivity contribution in [2.45, 2.75) is 44.6 Å². The summed E-state index contributed by atoms with van der Waals surface area (Å²) in [7, 11) is 0. The molecule has 0 amide bonds. The van der Waals surface area contributed by atoms with E-state index in [4.69, 9.17) is 4.74 Å². The number of carbonyl (C=O) groups excluding carboxylic acids is 1. The van der Waals surface area contributed by atoms with E-state index in [0.29, 0.717) is 12.5 Å². The topological polar surface area (TPSA) is 38.3 Å². The Morgan fingerprint density at radius 1 is 1.33 bits per heavy atom. The Balaban J connectivity index is 1.55. The van der Waals surface area contributed by atoms with Gasteiger partial charge in [0.05, 0.1) is 12.7 Å². The highest BCUT2D eigenvalue weighted by Gasteiger charge is 2.15. The molecule has 84 valence electrons. The molecule has 0 spiro atoms.